The predicted molar refractivity (Wildman–Crippen MR) is 96.8 cm³/mol. The zero-order valence-corrected chi connectivity index (χ0v) is 13.7. The second-order valence-electron chi connectivity index (χ2n) is 6.74. The fourth-order valence-electron chi connectivity index (χ4n) is 3.41. The average molecular weight is 318 g/mol. The van der Waals surface area contributed by atoms with Crippen molar-refractivity contribution in [1.82, 2.24) is 10.3 Å². The Hall–Kier alpha value is -2.55. The van der Waals surface area contributed by atoms with Gasteiger partial charge in [0, 0.05) is 23.1 Å². The zero-order chi connectivity index (χ0) is 16.4. The third-order valence-electron chi connectivity index (χ3n) is 4.86. The molecule has 1 aliphatic rings. The normalized spacial score (nSPS) is 15.3. The number of fused-ring (bicyclic) bond motifs is 1. The van der Waals surface area contributed by atoms with Crippen LogP contribution >= 0.6 is 0 Å². The van der Waals surface area contributed by atoms with Crippen LogP contribution in [0.3, 0.4) is 0 Å². The molecule has 2 aromatic carbocycles. The highest BCUT2D eigenvalue weighted by molar-refractivity contribution is 5.88. The molecule has 1 aliphatic carbocycles. The fourth-order valence-corrected chi connectivity index (χ4v) is 3.41. The third kappa shape index (κ3) is 3.35. The molecule has 1 fully saturated rings. The summed E-state index contributed by atoms with van der Waals surface area (Å²) in [5.74, 6) is 0.754. The van der Waals surface area contributed by atoms with Gasteiger partial charge in [-0.15, -0.1) is 0 Å². The Morgan fingerprint density at radius 3 is 2.62 bits per heavy atom. The summed E-state index contributed by atoms with van der Waals surface area (Å²) in [6.45, 7) is 0. The number of rotatable bonds is 6. The molecular formula is C21H22N2O. The molecule has 0 aliphatic heterocycles. The van der Waals surface area contributed by atoms with E-state index in [1.807, 2.05) is 30.5 Å². The Bertz CT molecular complexity index is 833. The lowest BCUT2D eigenvalue weighted by Crippen LogP contribution is -2.38. The van der Waals surface area contributed by atoms with Gasteiger partial charge in [-0.25, -0.2) is 0 Å². The molecule has 0 bridgehead atoms. The lowest BCUT2D eigenvalue weighted by molar-refractivity contribution is -0.121. The van der Waals surface area contributed by atoms with Gasteiger partial charge < -0.3 is 10.3 Å². The van der Waals surface area contributed by atoms with E-state index in [2.05, 4.69) is 40.6 Å². The fraction of sp³-hybridized carbons (Fsp3) is 0.286. The molecule has 1 amide bonds. The quantitative estimate of drug-likeness (QED) is 0.712. The Morgan fingerprint density at radius 2 is 1.83 bits per heavy atom. The summed E-state index contributed by atoms with van der Waals surface area (Å²) in [5.41, 5.74) is 3.45. The number of H-pyrrole nitrogens is 1. The third-order valence-corrected chi connectivity index (χ3v) is 4.86. The molecule has 1 saturated carbocycles. The van der Waals surface area contributed by atoms with Crippen LogP contribution in [0.1, 0.15) is 24.0 Å². The van der Waals surface area contributed by atoms with Gasteiger partial charge >= 0.3 is 0 Å². The molecule has 1 aromatic heterocycles. The molecule has 1 heterocycles. The van der Waals surface area contributed by atoms with Crippen LogP contribution in [-0.2, 0) is 17.6 Å². The van der Waals surface area contributed by atoms with Crippen molar-refractivity contribution in [2.45, 2.75) is 31.7 Å². The molecule has 0 spiro atoms. The highest BCUT2D eigenvalue weighted by Gasteiger charge is 2.32. The van der Waals surface area contributed by atoms with Crippen LogP contribution in [0.4, 0.5) is 0 Å². The van der Waals surface area contributed by atoms with Crippen LogP contribution in [0.25, 0.3) is 10.9 Å². The molecule has 1 unspecified atom stereocenters. The topological polar surface area (TPSA) is 44.9 Å². The summed E-state index contributed by atoms with van der Waals surface area (Å²) < 4.78 is 0. The molecule has 3 heteroatoms. The number of carbonyl (C=O) groups excluding carboxylic acids is 1. The molecule has 3 nitrogen and oxygen atoms in total. The van der Waals surface area contributed by atoms with Crippen LogP contribution in [-0.4, -0.2) is 16.9 Å². The maximum absolute atomic E-state index is 12.6. The lowest BCUT2D eigenvalue weighted by atomic mass is 10.0. The van der Waals surface area contributed by atoms with Gasteiger partial charge in [-0.05, 0) is 42.4 Å². The number of para-hydroxylation sites is 1. The molecule has 122 valence electrons. The van der Waals surface area contributed by atoms with Crippen molar-refractivity contribution < 1.29 is 4.79 Å². The van der Waals surface area contributed by atoms with Crippen LogP contribution in [0.2, 0.25) is 0 Å². The summed E-state index contributed by atoms with van der Waals surface area (Å²) in [5, 5.41) is 4.42. The number of aromatic nitrogens is 1. The summed E-state index contributed by atoms with van der Waals surface area (Å²) in [4.78, 5) is 15.8. The largest absolute Gasteiger partial charge is 0.361 e. The highest BCUT2D eigenvalue weighted by Crippen LogP contribution is 2.34. The lowest BCUT2D eigenvalue weighted by Gasteiger charge is -2.18. The number of nitrogens with one attached hydrogen (secondary N) is 2. The van der Waals surface area contributed by atoms with Crippen molar-refractivity contribution in [3.63, 3.8) is 0 Å². The highest BCUT2D eigenvalue weighted by atomic mass is 16.1. The molecule has 0 saturated heterocycles. The molecule has 1 atom stereocenters. The number of amides is 1. The van der Waals surface area contributed by atoms with Gasteiger partial charge in [0.15, 0.2) is 0 Å². The van der Waals surface area contributed by atoms with Crippen molar-refractivity contribution in [1.29, 1.82) is 0 Å². The number of carbonyl (C=O) groups is 1. The summed E-state index contributed by atoms with van der Waals surface area (Å²) in [6.07, 6.45) is 5.76. The van der Waals surface area contributed by atoms with Crippen molar-refractivity contribution in [2.75, 3.05) is 0 Å². The minimum atomic E-state index is 0.118. The van der Waals surface area contributed by atoms with Crippen molar-refractivity contribution >= 4 is 16.8 Å². The van der Waals surface area contributed by atoms with Gasteiger partial charge in [0.05, 0.1) is 6.42 Å². The van der Waals surface area contributed by atoms with E-state index in [1.165, 1.54) is 18.4 Å². The van der Waals surface area contributed by atoms with Crippen LogP contribution in [0.15, 0.2) is 60.8 Å². The van der Waals surface area contributed by atoms with Gasteiger partial charge in [0.25, 0.3) is 0 Å². The summed E-state index contributed by atoms with van der Waals surface area (Å²) in [6, 6.07) is 18.8. The monoisotopic (exact) mass is 318 g/mol. The molecule has 4 rings (SSSR count). The minimum absolute atomic E-state index is 0.118. The standard InChI is InChI=1S/C21H22N2O/c24-21(13-17-14-22-19-9-5-4-8-18(17)19)23-20(16-10-11-16)12-15-6-2-1-3-7-15/h1-9,14,16,20,22H,10-13H2,(H,23,24). The Labute approximate surface area is 142 Å². The van der Waals surface area contributed by atoms with E-state index in [0.717, 1.165) is 22.9 Å². The van der Waals surface area contributed by atoms with Gasteiger partial charge in [0.2, 0.25) is 5.91 Å². The molecule has 0 radical (unpaired) electrons. The summed E-state index contributed by atoms with van der Waals surface area (Å²) in [7, 11) is 0. The molecular weight excluding hydrogens is 296 g/mol. The predicted octanol–water partition coefficient (Wildman–Crippen LogP) is 3.85. The van der Waals surface area contributed by atoms with Crippen LogP contribution < -0.4 is 5.32 Å². The first-order chi connectivity index (χ1) is 11.8. The van der Waals surface area contributed by atoms with Gasteiger partial charge in [-0.1, -0.05) is 48.5 Å². The second-order valence-corrected chi connectivity index (χ2v) is 6.74. The number of hydrogen-bond acceptors (Lipinski definition) is 1. The molecule has 2 N–H and O–H groups in total. The first-order valence-electron chi connectivity index (χ1n) is 8.68. The van der Waals surface area contributed by atoms with Crippen LogP contribution in [0, 0.1) is 5.92 Å². The average Bonchev–Trinajstić information content (AvgIpc) is 3.38. The van der Waals surface area contributed by atoms with E-state index in [-0.39, 0.29) is 11.9 Å². The Kier molecular flexibility index (Phi) is 4.08. The van der Waals surface area contributed by atoms with E-state index in [4.69, 9.17) is 0 Å². The van der Waals surface area contributed by atoms with Crippen molar-refractivity contribution in [2.24, 2.45) is 5.92 Å². The Morgan fingerprint density at radius 1 is 1.08 bits per heavy atom. The van der Waals surface area contributed by atoms with Gasteiger partial charge in [0.1, 0.15) is 0 Å². The molecule has 24 heavy (non-hydrogen) atoms. The molecule has 3 aromatic rings. The zero-order valence-electron chi connectivity index (χ0n) is 13.7. The van der Waals surface area contributed by atoms with E-state index in [1.54, 1.807) is 0 Å². The van der Waals surface area contributed by atoms with Gasteiger partial charge in [-0.3, -0.25) is 4.79 Å². The van der Waals surface area contributed by atoms with Gasteiger partial charge in [-0.2, -0.15) is 0 Å². The first-order valence-corrected chi connectivity index (χ1v) is 8.68. The van der Waals surface area contributed by atoms with E-state index in [9.17, 15) is 4.79 Å². The van der Waals surface area contributed by atoms with Crippen LogP contribution in [0.5, 0.6) is 0 Å². The second kappa shape index (κ2) is 6.52. The number of hydrogen-bond donors (Lipinski definition) is 2. The first kappa shape index (κ1) is 15.0. The van der Waals surface area contributed by atoms with E-state index in [0.29, 0.717) is 12.3 Å². The van der Waals surface area contributed by atoms with E-state index >= 15 is 0 Å². The maximum atomic E-state index is 12.6. The number of benzene rings is 2. The maximum Gasteiger partial charge on any atom is 0.224 e. The number of aromatic amines is 1. The van der Waals surface area contributed by atoms with Crippen molar-refractivity contribution in [3.8, 4) is 0 Å². The van der Waals surface area contributed by atoms with E-state index < -0.39 is 0 Å². The Balaban J connectivity index is 1.44. The smallest absolute Gasteiger partial charge is 0.224 e. The summed E-state index contributed by atoms with van der Waals surface area (Å²) >= 11 is 0. The SMILES string of the molecule is O=C(Cc1c[nH]c2ccccc12)NC(Cc1ccccc1)C1CC1. The minimum Gasteiger partial charge on any atom is -0.361 e. The van der Waals surface area contributed by atoms with Crippen molar-refractivity contribution in [3.05, 3.63) is 71.9 Å².